The van der Waals surface area contributed by atoms with Gasteiger partial charge in [0.15, 0.2) is 0 Å². The summed E-state index contributed by atoms with van der Waals surface area (Å²) >= 11 is 0. The molecule has 23 heavy (non-hydrogen) atoms. The second-order valence-corrected chi connectivity index (χ2v) is 4.51. The van der Waals surface area contributed by atoms with E-state index in [-0.39, 0.29) is 0 Å². The van der Waals surface area contributed by atoms with E-state index in [9.17, 15) is 57.1 Å². The summed E-state index contributed by atoms with van der Waals surface area (Å²) in [5.41, 5.74) is 0. The van der Waals surface area contributed by atoms with Crippen LogP contribution in [0.15, 0.2) is 0 Å². The third kappa shape index (κ3) is 3.78. The van der Waals surface area contributed by atoms with E-state index >= 15 is 0 Å². The van der Waals surface area contributed by atoms with Crippen LogP contribution in [0.4, 0.5) is 57.1 Å². The Labute approximate surface area is 120 Å². The highest BCUT2D eigenvalue weighted by Gasteiger charge is 2.81. The fourth-order valence-corrected chi connectivity index (χ4v) is 1.24. The van der Waals surface area contributed by atoms with Gasteiger partial charge in [0.2, 0.25) is 0 Å². The lowest BCUT2D eigenvalue weighted by Crippen LogP contribution is -2.61. The van der Waals surface area contributed by atoms with Crippen LogP contribution in [0.2, 0.25) is 0 Å². The molecule has 0 bridgehead atoms. The number of rotatable bonds is 7. The highest BCUT2D eigenvalue weighted by molar-refractivity contribution is 5.01. The molecule has 139 valence electrons. The van der Waals surface area contributed by atoms with E-state index in [0.29, 0.717) is 0 Å². The Morgan fingerprint density at radius 2 is 0.826 bits per heavy atom. The van der Waals surface area contributed by atoms with Crippen molar-refractivity contribution in [1.82, 2.24) is 0 Å². The molecule has 0 heterocycles. The zero-order valence-electron chi connectivity index (χ0n) is 10.7. The molecule has 0 spiro atoms. The number of halogens is 13. The molecule has 0 aliphatic rings. The molecule has 0 fully saturated rings. The quantitative estimate of drug-likeness (QED) is 0.499. The van der Waals surface area contributed by atoms with Crippen molar-refractivity contribution in [3.05, 3.63) is 6.92 Å². The van der Waals surface area contributed by atoms with Crippen LogP contribution in [-0.2, 0) is 0 Å². The second kappa shape index (κ2) is 5.87. The summed E-state index contributed by atoms with van der Waals surface area (Å²) in [6, 6.07) is 0. The van der Waals surface area contributed by atoms with Crippen molar-refractivity contribution in [3.63, 3.8) is 0 Å². The van der Waals surface area contributed by atoms with Crippen molar-refractivity contribution in [2.24, 2.45) is 0 Å². The standard InChI is InChI=1S/C10H8F13/c1-2-5(11,12)6(13,14)3-4-7(15,16)8(17,18)9(19,20)10(21,22)23/h1-4H2. The lowest BCUT2D eigenvalue weighted by Gasteiger charge is -2.34. The van der Waals surface area contributed by atoms with Gasteiger partial charge in [-0.2, -0.15) is 57.1 Å². The molecule has 0 atom stereocenters. The molecular weight excluding hydrogens is 367 g/mol. The van der Waals surface area contributed by atoms with Crippen LogP contribution in [0.1, 0.15) is 19.3 Å². The Hall–Kier alpha value is -0.910. The lowest BCUT2D eigenvalue weighted by molar-refractivity contribution is -0.398. The van der Waals surface area contributed by atoms with Crippen molar-refractivity contribution in [3.8, 4) is 0 Å². The molecule has 0 N–H and O–H groups in total. The summed E-state index contributed by atoms with van der Waals surface area (Å²) in [4.78, 5) is 0. The van der Waals surface area contributed by atoms with Crippen molar-refractivity contribution >= 4 is 0 Å². The van der Waals surface area contributed by atoms with Crippen molar-refractivity contribution in [1.29, 1.82) is 0 Å². The average molecular weight is 375 g/mol. The molecule has 0 amide bonds. The summed E-state index contributed by atoms with van der Waals surface area (Å²) in [6.07, 6.45) is -14.7. The van der Waals surface area contributed by atoms with Gasteiger partial charge in [-0.3, -0.25) is 0 Å². The largest absolute Gasteiger partial charge is 0.460 e. The predicted octanol–water partition coefficient (Wildman–Crippen LogP) is 5.73. The van der Waals surface area contributed by atoms with E-state index in [1.165, 1.54) is 0 Å². The Morgan fingerprint density at radius 3 is 1.13 bits per heavy atom. The van der Waals surface area contributed by atoms with Gasteiger partial charge in [-0.05, 0) is 6.92 Å². The Balaban J connectivity index is 5.44. The molecule has 0 aliphatic carbocycles. The molecule has 1 radical (unpaired) electrons. The van der Waals surface area contributed by atoms with Gasteiger partial charge in [-0.25, -0.2) is 0 Å². The SMILES string of the molecule is [CH2]CC(F)(F)C(F)(F)CCC(F)(F)C(F)(F)C(F)(F)C(F)(F)F. The number of hydrogen-bond donors (Lipinski definition) is 0. The zero-order valence-corrected chi connectivity index (χ0v) is 10.7. The average Bonchev–Trinajstić information content (AvgIpc) is 2.34. The van der Waals surface area contributed by atoms with Crippen LogP contribution in [0.3, 0.4) is 0 Å². The molecular formula is C10H8F13. The van der Waals surface area contributed by atoms with Crippen molar-refractivity contribution in [2.75, 3.05) is 0 Å². The van der Waals surface area contributed by atoms with E-state index in [1.807, 2.05) is 0 Å². The summed E-state index contributed by atoms with van der Waals surface area (Å²) in [5, 5.41) is 0. The Kier molecular flexibility index (Phi) is 5.63. The first-order valence-corrected chi connectivity index (χ1v) is 5.52. The summed E-state index contributed by atoms with van der Waals surface area (Å²) in [6.45, 7) is 2.35. The first kappa shape index (κ1) is 22.1. The zero-order chi connectivity index (χ0) is 19.1. The Morgan fingerprint density at radius 1 is 0.478 bits per heavy atom. The molecule has 0 aliphatic heterocycles. The van der Waals surface area contributed by atoms with Gasteiger partial charge in [0.1, 0.15) is 0 Å². The molecule has 0 aromatic carbocycles. The molecule has 0 saturated carbocycles. The summed E-state index contributed by atoms with van der Waals surface area (Å²) in [7, 11) is 0. The van der Waals surface area contributed by atoms with Crippen molar-refractivity contribution in [2.45, 2.75) is 55.1 Å². The molecule has 0 unspecified atom stereocenters. The van der Waals surface area contributed by atoms with E-state index in [0.717, 1.165) is 0 Å². The third-order valence-corrected chi connectivity index (χ3v) is 2.81. The Bertz CT molecular complexity index is 405. The van der Waals surface area contributed by atoms with Crippen LogP contribution in [0.5, 0.6) is 0 Å². The van der Waals surface area contributed by atoms with Crippen LogP contribution < -0.4 is 0 Å². The first-order chi connectivity index (χ1) is 9.77. The minimum Gasteiger partial charge on any atom is -0.200 e. The van der Waals surface area contributed by atoms with E-state index in [4.69, 9.17) is 0 Å². The monoisotopic (exact) mass is 375 g/mol. The molecule has 0 saturated heterocycles. The van der Waals surface area contributed by atoms with E-state index in [2.05, 4.69) is 6.92 Å². The molecule has 0 rings (SSSR count). The first-order valence-electron chi connectivity index (χ1n) is 5.52. The van der Waals surface area contributed by atoms with Crippen LogP contribution in [-0.4, -0.2) is 35.8 Å². The summed E-state index contributed by atoms with van der Waals surface area (Å²) < 4.78 is 162. The van der Waals surface area contributed by atoms with Crippen LogP contribution in [0, 0.1) is 6.92 Å². The normalized spacial score (nSPS) is 15.9. The fraction of sp³-hybridized carbons (Fsp3) is 0.900. The highest BCUT2D eigenvalue weighted by atomic mass is 19.4. The lowest BCUT2D eigenvalue weighted by atomic mass is 9.95. The van der Waals surface area contributed by atoms with Gasteiger partial charge in [-0.15, -0.1) is 0 Å². The van der Waals surface area contributed by atoms with Gasteiger partial charge in [-0.1, -0.05) is 0 Å². The third-order valence-electron chi connectivity index (χ3n) is 2.81. The van der Waals surface area contributed by atoms with Crippen LogP contribution >= 0.6 is 0 Å². The topological polar surface area (TPSA) is 0 Å². The second-order valence-electron chi connectivity index (χ2n) is 4.51. The minimum atomic E-state index is -7.26. The van der Waals surface area contributed by atoms with E-state index < -0.39 is 55.1 Å². The molecule has 0 aromatic heterocycles. The molecule has 0 aromatic rings. The van der Waals surface area contributed by atoms with Gasteiger partial charge in [0.05, 0.1) is 0 Å². The van der Waals surface area contributed by atoms with Gasteiger partial charge in [0, 0.05) is 19.3 Å². The maximum atomic E-state index is 12.9. The maximum Gasteiger partial charge on any atom is 0.460 e. The van der Waals surface area contributed by atoms with E-state index in [1.54, 1.807) is 0 Å². The highest BCUT2D eigenvalue weighted by Crippen LogP contribution is 2.55. The van der Waals surface area contributed by atoms with Crippen molar-refractivity contribution < 1.29 is 57.1 Å². The predicted molar refractivity (Wildman–Crippen MR) is 50.0 cm³/mol. The molecule has 13 heteroatoms. The maximum absolute atomic E-state index is 12.9. The van der Waals surface area contributed by atoms with Gasteiger partial charge >= 0.3 is 35.8 Å². The number of hydrogen-bond acceptors (Lipinski definition) is 0. The number of alkyl halides is 13. The van der Waals surface area contributed by atoms with Crippen LogP contribution in [0.25, 0.3) is 0 Å². The molecule has 0 nitrogen and oxygen atoms in total. The fourth-order valence-electron chi connectivity index (χ4n) is 1.24. The van der Waals surface area contributed by atoms with Gasteiger partial charge in [0.25, 0.3) is 0 Å². The minimum absolute atomic E-state index is 1.85. The smallest absolute Gasteiger partial charge is 0.200 e. The van der Waals surface area contributed by atoms with Gasteiger partial charge < -0.3 is 0 Å². The summed E-state index contributed by atoms with van der Waals surface area (Å²) in [5.74, 6) is -31.1.